The third-order valence-corrected chi connectivity index (χ3v) is 4.44. The van der Waals surface area contributed by atoms with Gasteiger partial charge in [-0.05, 0) is 43.2 Å². The molecule has 106 valence electrons. The Bertz CT molecular complexity index is 669. The van der Waals surface area contributed by atoms with Gasteiger partial charge >= 0.3 is 5.97 Å². The second-order valence-electron chi connectivity index (χ2n) is 5.82. The molecule has 0 saturated heterocycles. The van der Waals surface area contributed by atoms with Crippen LogP contribution in [0.15, 0.2) is 18.2 Å². The molecule has 0 spiro atoms. The van der Waals surface area contributed by atoms with Crippen molar-refractivity contribution in [3.8, 4) is 0 Å². The van der Waals surface area contributed by atoms with Gasteiger partial charge in [0.25, 0.3) is 0 Å². The number of para-hydroxylation sites is 1. The molecule has 1 atom stereocenters. The Balaban J connectivity index is 2.39. The lowest BCUT2D eigenvalue weighted by Crippen LogP contribution is -2.12. The van der Waals surface area contributed by atoms with Crippen molar-refractivity contribution in [2.75, 3.05) is 0 Å². The molecule has 1 heterocycles. The standard InChI is InChI=1S/C17H21NO2/c1-3-10-18-15-11(2)6-4-7-12(15)13-8-5-9-14(16(13)18)17(19)20/h5,8-9,11H,3-4,6-7,10H2,1-2H3,(H,19,20). The van der Waals surface area contributed by atoms with E-state index in [2.05, 4.69) is 24.5 Å². The Hall–Kier alpha value is -1.77. The summed E-state index contributed by atoms with van der Waals surface area (Å²) in [5.41, 5.74) is 4.13. The van der Waals surface area contributed by atoms with Gasteiger partial charge in [0.1, 0.15) is 0 Å². The Morgan fingerprint density at radius 2 is 2.25 bits per heavy atom. The summed E-state index contributed by atoms with van der Waals surface area (Å²) in [6.45, 7) is 5.32. The molecule has 1 N–H and O–H groups in total. The first-order valence-electron chi connectivity index (χ1n) is 7.52. The maximum Gasteiger partial charge on any atom is 0.337 e. The molecule has 0 amide bonds. The predicted octanol–water partition coefficient (Wildman–Crippen LogP) is 4.19. The number of nitrogens with zero attached hydrogens (tertiary/aromatic N) is 1. The highest BCUT2D eigenvalue weighted by atomic mass is 16.4. The van der Waals surface area contributed by atoms with Crippen molar-refractivity contribution in [2.45, 2.75) is 52.0 Å². The molecule has 1 aromatic carbocycles. The van der Waals surface area contributed by atoms with Crippen LogP contribution in [0.2, 0.25) is 0 Å². The molecule has 1 aliphatic carbocycles. The van der Waals surface area contributed by atoms with E-state index in [1.807, 2.05) is 6.07 Å². The van der Waals surface area contributed by atoms with E-state index in [0.717, 1.165) is 30.3 Å². The highest BCUT2D eigenvalue weighted by Crippen LogP contribution is 2.39. The summed E-state index contributed by atoms with van der Waals surface area (Å²) >= 11 is 0. The van der Waals surface area contributed by atoms with Gasteiger partial charge in [0, 0.05) is 17.6 Å². The van der Waals surface area contributed by atoms with E-state index in [-0.39, 0.29) is 0 Å². The number of hydrogen-bond donors (Lipinski definition) is 1. The number of aromatic carboxylic acids is 1. The number of aromatic nitrogens is 1. The molecule has 3 nitrogen and oxygen atoms in total. The van der Waals surface area contributed by atoms with Crippen molar-refractivity contribution in [2.24, 2.45) is 0 Å². The predicted molar refractivity (Wildman–Crippen MR) is 80.5 cm³/mol. The first-order chi connectivity index (χ1) is 9.65. The molecule has 1 unspecified atom stereocenters. The Morgan fingerprint density at radius 3 is 2.95 bits per heavy atom. The highest BCUT2D eigenvalue weighted by molar-refractivity contribution is 6.04. The van der Waals surface area contributed by atoms with E-state index in [9.17, 15) is 9.90 Å². The average Bonchev–Trinajstić information content (AvgIpc) is 2.75. The minimum Gasteiger partial charge on any atom is -0.478 e. The molecule has 0 bridgehead atoms. The van der Waals surface area contributed by atoms with Crippen molar-refractivity contribution < 1.29 is 9.90 Å². The lowest BCUT2D eigenvalue weighted by atomic mass is 9.88. The summed E-state index contributed by atoms with van der Waals surface area (Å²) < 4.78 is 2.28. The van der Waals surface area contributed by atoms with Crippen LogP contribution in [0, 0.1) is 0 Å². The smallest absolute Gasteiger partial charge is 0.337 e. The number of carbonyl (C=O) groups is 1. The summed E-state index contributed by atoms with van der Waals surface area (Å²) in [5.74, 6) is -0.296. The summed E-state index contributed by atoms with van der Waals surface area (Å²) in [5, 5.41) is 10.6. The minimum absolute atomic E-state index is 0.442. The quantitative estimate of drug-likeness (QED) is 0.909. The lowest BCUT2D eigenvalue weighted by molar-refractivity contribution is 0.0698. The molecule has 0 fully saturated rings. The number of hydrogen-bond acceptors (Lipinski definition) is 1. The topological polar surface area (TPSA) is 42.2 Å². The molecule has 0 radical (unpaired) electrons. The minimum atomic E-state index is -0.824. The first kappa shape index (κ1) is 13.2. The Kier molecular flexibility index (Phi) is 3.28. The number of fused-ring (bicyclic) bond motifs is 3. The van der Waals surface area contributed by atoms with Crippen LogP contribution in [-0.2, 0) is 13.0 Å². The molecule has 1 aliphatic rings. The zero-order valence-corrected chi connectivity index (χ0v) is 12.1. The Labute approximate surface area is 119 Å². The molecule has 3 heteroatoms. The molecule has 3 rings (SSSR count). The van der Waals surface area contributed by atoms with Gasteiger partial charge in [0.15, 0.2) is 0 Å². The molecular formula is C17H21NO2. The van der Waals surface area contributed by atoms with Gasteiger partial charge in [0.2, 0.25) is 0 Å². The maximum absolute atomic E-state index is 11.6. The van der Waals surface area contributed by atoms with Crippen LogP contribution in [0.25, 0.3) is 10.9 Å². The highest BCUT2D eigenvalue weighted by Gasteiger charge is 2.26. The fourth-order valence-corrected chi connectivity index (χ4v) is 3.68. The zero-order chi connectivity index (χ0) is 14.3. The normalized spacial score (nSPS) is 18.2. The van der Waals surface area contributed by atoms with Crippen LogP contribution < -0.4 is 0 Å². The van der Waals surface area contributed by atoms with Crippen molar-refractivity contribution in [3.63, 3.8) is 0 Å². The second-order valence-corrected chi connectivity index (χ2v) is 5.82. The number of carboxylic acids is 1. The molecule has 20 heavy (non-hydrogen) atoms. The Morgan fingerprint density at radius 1 is 1.45 bits per heavy atom. The van der Waals surface area contributed by atoms with Crippen LogP contribution in [-0.4, -0.2) is 15.6 Å². The van der Waals surface area contributed by atoms with Gasteiger partial charge < -0.3 is 9.67 Å². The molecular weight excluding hydrogens is 250 g/mol. The number of carboxylic acid groups (broad SMARTS) is 1. The summed E-state index contributed by atoms with van der Waals surface area (Å²) in [6, 6.07) is 5.69. The first-order valence-corrected chi connectivity index (χ1v) is 7.52. The van der Waals surface area contributed by atoms with Gasteiger partial charge in [-0.3, -0.25) is 0 Å². The average molecular weight is 271 g/mol. The lowest BCUT2D eigenvalue weighted by Gasteiger charge is -2.22. The number of aryl methyl sites for hydroxylation is 2. The van der Waals surface area contributed by atoms with E-state index >= 15 is 0 Å². The van der Waals surface area contributed by atoms with Crippen LogP contribution in [0.3, 0.4) is 0 Å². The largest absolute Gasteiger partial charge is 0.478 e. The van der Waals surface area contributed by atoms with Crippen molar-refractivity contribution >= 4 is 16.9 Å². The third-order valence-electron chi connectivity index (χ3n) is 4.44. The number of rotatable bonds is 3. The summed E-state index contributed by atoms with van der Waals surface area (Å²) in [7, 11) is 0. The fourth-order valence-electron chi connectivity index (χ4n) is 3.68. The molecule has 1 aromatic heterocycles. The van der Waals surface area contributed by atoms with Crippen LogP contribution in [0.5, 0.6) is 0 Å². The van der Waals surface area contributed by atoms with Gasteiger partial charge in [-0.15, -0.1) is 0 Å². The van der Waals surface area contributed by atoms with Crippen LogP contribution >= 0.6 is 0 Å². The molecule has 0 aliphatic heterocycles. The maximum atomic E-state index is 11.6. The fraction of sp³-hybridized carbons (Fsp3) is 0.471. The summed E-state index contributed by atoms with van der Waals surface area (Å²) in [4.78, 5) is 11.6. The second kappa shape index (κ2) is 4.97. The monoisotopic (exact) mass is 271 g/mol. The van der Waals surface area contributed by atoms with Gasteiger partial charge in [-0.25, -0.2) is 4.79 Å². The van der Waals surface area contributed by atoms with E-state index in [0.29, 0.717) is 11.5 Å². The van der Waals surface area contributed by atoms with E-state index < -0.39 is 5.97 Å². The van der Waals surface area contributed by atoms with Gasteiger partial charge in [-0.2, -0.15) is 0 Å². The SMILES string of the molecule is CCCn1c2c(c3cccc(C(=O)O)c31)CCCC2C. The molecule has 2 aromatic rings. The van der Waals surface area contributed by atoms with E-state index in [4.69, 9.17) is 0 Å². The van der Waals surface area contributed by atoms with Crippen LogP contribution in [0.4, 0.5) is 0 Å². The van der Waals surface area contributed by atoms with Crippen LogP contribution in [0.1, 0.15) is 60.6 Å². The van der Waals surface area contributed by atoms with Gasteiger partial charge in [-0.1, -0.05) is 26.0 Å². The zero-order valence-electron chi connectivity index (χ0n) is 12.1. The van der Waals surface area contributed by atoms with Crippen molar-refractivity contribution in [1.29, 1.82) is 0 Å². The van der Waals surface area contributed by atoms with Crippen molar-refractivity contribution in [3.05, 3.63) is 35.0 Å². The van der Waals surface area contributed by atoms with E-state index in [1.165, 1.54) is 24.1 Å². The van der Waals surface area contributed by atoms with Crippen molar-refractivity contribution in [1.82, 2.24) is 4.57 Å². The van der Waals surface area contributed by atoms with E-state index in [1.54, 1.807) is 6.07 Å². The summed E-state index contributed by atoms with van der Waals surface area (Å²) in [6.07, 6.45) is 4.51. The third kappa shape index (κ3) is 1.84. The molecule has 0 saturated carbocycles. The van der Waals surface area contributed by atoms with Gasteiger partial charge in [0.05, 0.1) is 11.1 Å². The number of benzene rings is 1.